The van der Waals surface area contributed by atoms with E-state index >= 15 is 0 Å². The zero-order valence-corrected chi connectivity index (χ0v) is 56.5. The molecule has 504 valence electrons. The van der Waals surface area contributed by atoms with Crippen molar-refractivity contribution in [3.63, 3.8) is 0 Å². The SMILES string of the molecule is CC/C=C\C/C=C\C/C=C\C/C=C\C/C=C\C/C=C\CCCCCCCCCCCCCCC(=O)NC(COC1OC(CO)C(O)C(O)C1O)C(O)/C=C/CC/C=C/CCCCCCCCCCCCCCCCCCCCCCCCCCCCC. The third-order valence-corrected chi connectivity index (χ3v) is 17.1. The Bertz CT molecular complexity index is 1700. The summed E-state index contributed by atoms with van der Waals surface area (Å²) in [6, 6.07) is -0.831. The maximum atomic E-state index is 13.1. The largest absolute Gasteiger partial charge is 0.394 e. The standard InChI is InChI=1S/C78H139NO8/c1-3-5-7-9-11-13-15-17-19-21-23-25-27-29-31-33-35-36-38-39-41-43-45-47-49-51-53-55-57-59-61-63-65-67-72(81)71(70-86-78-77(85)76(84)75(83)73(69-80)87-78)79-74(82)68-66-64-62-60-58-56-54-52-50-48-46-44-42-40-37-34-32-30-28-26-24-22-20-18-16-14-12-10-8-6-4-2/h6,8,12,14,18,20,24,26,30,32,37,40,57,59,65,67,71-73,75-78,80-81,83-85H,3-5,7,9-11,13,15-17,19,21-23,25,27-29,31,33-36,38-39,41-56,58,60-64,66,68-70H2,1-2H3,(H,79,82)/b8-6-,14-12-,20-18-,26-24-,32-30-,40-37-,59-57+,67-65+. The molecule has 9 nitrogen and oxygen atoms in total. The number of ether oxygens (including phenoxy) is 2. The van der Waals surface area contributed by atoms with Gasteiger partial charge in [0.2, 0.25) is 5.91 Å². The summed E-state index contributed by atoms with van der Waals surface area (Å²) in [7, 11) is 0. The van der Waals surface area contributed by atoms with Crippen LogP contribution in [0.4, 0.5) is 0 Å². The second-order valence-corrected chi connectivity index (χ2v) is 25.3. The Morgan fingerprint density at radius 2 is 0.724 bits per heavy atom. The van der Waals surface area contributed by atoms with Gasteiger partial charge in [0.25, 0.3) is 0 Å². The van der Waals surface area contributed by atoms with Crippen LogP contribution in [0, 0.1) is 0 Å². The number of amides is 1. The quantitative estimate of drug-likeness (QED) is 0.0261. The van der Waals surface area contributed by atoms with Crippen molar-refractivity contribution in [2.75, 3.05) is 13.2 Å². The average Bonchev–Trinajstić information content (AvgIpc) is 3.47. The van der Waals surface area contributed by atoms with E-state index in [0.29, 0.717) is 6.42 Å². The maximum absolute atomic E-state index is 13.1. The summed E-state index contributed by atoms with van der Waals surface area (Å²) in [5.74, 6) is -0.189. The van der Waals surface area contributed by atoms with Gasteiger partial charge >= 0.3 is 0 Å². The van der Waals surface area contributed by atoms with Crippen molar-refractivity contribution in [1.29, 1.82) is 0 Å². The lowest BCUT2D eigenvalue weighted by Gasteiger charge is -2.40. The first-order chi connectivity index (χ1) is 42.8. The van der Waals surface area contributed by atoms with Crippen LogP contribution in [0.2, 0.25) is 0 Å². The van der Waals surface area contributed by atoms with Crippen LogP contribution in [-0.2, 0) is 14.3 Å². The van der Waals surface area contributed by atoms with E-state index in [1.807, 2.05) is 6.08 Å². The molecule has 0 aromatic carbocycles. The Balaban J connectivity index is 2.14. The Morgan fingerprint density at radius 3 is 1.10 bits per heavy atom. The predicted octanol–water partition coefficient (Wildman–Crippen LogP) is 20.6. The summed E-state index contributed by atoms with van der Waals surface area (Å²) < 4.78 is 11.3. The van der Waals surface area contributed by atoms with Crippen molar-refractivity contribution in [3.05, 3.63) is 97.2 Å². The van der Waals surface area contributed by atoms with E-state index in [9.17, 15) is 30.3 Å². The van der Waals surface area contributed by atoms with E-state index in [2.05, 4.69) is 104 Å². The molecular formula is C78H139NO8. The molecule has 0 bridgehead atoms. The van der Waals surface area contributed by atoms with Crippen molar-refractivity contribution in [3.8, 4) is 0 Å². The highest BCUT2D eigenvalue weighted by Crippen LogP contribution is 2.23. The molecule has 1 fully saturated rings. The molecule has 0 saturated carbocycles. The van der Waals surface area contributed by atoms with Crippen molar-refractivity contribution >= 4 is 5.91 Å². The van der Waals surface area contributed by atoms with E-state index in [4.69, 9.17) is 9.47 Å². The fraction of sp³-hybridized carbons (Fsp3) is 0.782. The van der Waals surface area contributed by atoms with E-state index in [1.165, 1.54) is 238 Å². The number of hydrogen-bond acceptors (Lipinski definition) is 8. The molecule has 9 heteroatoms. The fourth-order valence-electron chi connectivity index (χ4n) is 11.4. The smallest absolute Gasteiger partial charge is 0.220 e. The Morgan fingerprint density at radius 1 is 0.402 bits per heavy atom. The van der Waals surface area contributed by atoms with E-state index in [0.717, 1.165) is 77.0 Å². The summed E-state index contributed by atoms with van der Waals surface area (Å²) in [6.45, 7) is 3.68. The topological polar surface area (TPSA) is 149 Å². The first-order valence-corrected chi connectivity index (χ1v) is 37.0. The minimum Gasteiger partial charge on any atom is -0.394 e. The van der Waals surface area contributed by atoms with E-state index < -0.39 is 49.5 Å². The van der Waals surface area contributed by atoms with E-state index in [-0.39, 0.29) is 12.5 Å². The Kier molecular flexibility index (Phi) is 62.3. The Hall–Kier alpha value is -2.89. The van der Waals surface area contributed by atoms with Crippen molar-refractivity contribution in [2.24, 2.45) is 0 Å². The van der Waals surface area contributed by atoms with Crippen molar-refractivity contribution in [1.82, 2.24) is 5.32 Å². The molecule has 1 aliphatic heterocycles. The van der Waals surface area contributed by atoms with Crippen molar-refractivity contribution < 1.29 is 39.8 Å². The first kappa shape index (κ1) is 82.1. The molecule has 0 aromatic rings. The van der Waals surface area contributed by atoms with Gasteiger partial charge in [-0.25, -0.2) is 0 Å². The molecule has 1 aliphatic rings. The second-order valence-electron chi connectivity index (χ2n) is 25.3. The molecule has 1 saturated heterocycles. The molecule has 0 aromatic heterocycles. The molecule has 6 N–H and O–H groups in total. The highest BCUT2D eigenvalue weighted by atomic mass is 16.7. The van der Waals surface area contributed by atoms with Gasteiger partial charge in [0.15, 0.2) is 6.29 Å². The number of nitrogens with one attached hydrogen (secondary N) is 1. The van der Waals surface area contributed by atoms with Gasteiger partial charge in [0.1, 0.15) is 24.4 Å². The number of allylic oxidation sites excluding steroid dienone is 15. The molecular weight excluding hydrogens is 1080 g/mol. The van der Waals surface area contributed by atoms with Crippen LogP contribution < -0.4 is 5.32 Å². The van der Waals surface area contributed by atoms with Gasteiger partial charge in [-0.15, -0.1) is 0 Å². The van der Waals surface area contributed by atoms with Gasteiger partial charge in [-0.05, 0) is 83.5 Å². The minimum absolute atomic E-state index is 0.189. The van der Waals surface area contributed by atoms with Gasteiger partial charge in [-0.2, -0.15) is 0 Å². The molecule has 1 heterocycles. The number of hydrogen-bond donors (Lipinski definition) is 6. The molecule has 0 radical (unpaired) electrons. The van der Waals surface area contributed by atoms with Crippen LogP contribution in [0.15, 0.2) is 97.2 Å². The zero-order valence-electron chi connectivity index (χ0n) is 56.5. The number of rotatable bonds is 64. The highest BCUT2D eigenvalue weighted by Gasteiger charge is 2.44. The molecule has 7 atom stereocenters. The van der Waals surface area contributed by atoms with Gasteiger partial charge in [-0.1, -0.05) is 342 Å². The first-order valence-electron chi connectivity index (χ1n) is 37.0. The predicted molar refractivity (Wildman–Crippen MR) is 373 cm³/mol. The minimum atomic E-state index is -1.58. The average molecular weight is 1220 g/mol. The molecule has 1 amide bonds. The molecule has 0 aliphatic carbocycles. The Labute approximate surface area is 536 Å². The molecule has 87 heavy (non-hydrogen) atoms. The van der Waals surface area contributed by atoms with Crippen LogP contribution in [0.3, 0.4) is 0 Å². The van der Waals surface area contributed by atoms with Gasteiger partial charge in [0, 0.05) is 6.42 Å². The van der Waals surface area contributed by atoms with E-state index in [1.54, 1.807) is 6.08 Å². The number of carbonyl (C=O) groups is 1. The number of aliphatic hydroxyl groups is 5. The second kappa shape index (κ2) is 66.0. The molecule has 0 spiro atoms. The number of unbranched alkanes of at least 4 members (excludes halogenated alkanes) is 40. The third-order valence-electron chi connectivity index (χ3n) is 17.1. The van der Waals surface area contributed by atoms with Crippen LogP contribution >= 0.6 is 0 Å². The lowest BCUT2D eigenvalue weighted by atomic mass is 9.99. The lowest BCUT2D eigenvalue weighted by molar-refractivity contribution is -0.302. The number of carbonyl (C=O) groups excluding carboxylic acids is 1. The van der Waals surface area contributed by atoms with Crippen LogP contribution in [0.5, 0.6) is 0 Å². The van der Waals surface area contributed by atoms with Gasteiger partial charge in [-0.3, -0.25) is 4.79 Å². The van der Waals surface area contributed by atoms with Crippen LogP contribution in [-0.4, -0.2) is 87.5 Å². The summed E-state index contributed by atoms with van der Waals surface area (Å²) >= 11 is 0. The monoisotopic (exact) mass is 1220 g/mol. The van der Waals surface area contributed by atoms with Crippen LogP contribution in [0.25, 0.3) is 0 Å². The maximum Gasteiger partial charge on any atom is 0.220 e. The highest BCUT2D eigenvalue weighted by molar-refractivity contribution is 5.76. The zero-order chi connectivity index (χ0) is 62.8. The summed E-state index contributed by atoms with van der Waals surface area (Å²) in [6.07, 6.45) is 89.6. The fourth-order valence-corrected chi connectivity index (χ4v) is 11.4. The normalized spacial score (nSPS) is 18.5. The van der Waals surface area contributed by atoms with Crippen molar-refractivity contribution in [2.45, 2.75) is 378 Å². The summed E-state index contributed by atoms with van der Waals surface area (Å²) in [5, 5.41) is 54.8. The molecule has 1 rings (SSSR count). The summed E-state index contributed by atoms with van der Waals surface area (Å²) in [5.41, 5.74) is 0. The summed E-state index contributed by atoms with van der Waals surface area (Å²) in [4.78, 5) is 13.1. The van der Waals surface area contributed by atoms with Crippen LogP contribution in [0.1, 0.15) is 335 Å². The lowest BCUT2D eigenvalue weighted by Crippen LogP contribution is -2.60. The van der Waals surface area contributed by atoms with Gasteiger partial charge < -0.3 is 40.3 Å². The third kappa shape index (κ3) is 54.6. The number of aliphatic hydroxyl groups excluding tert-OH is 5. The van der Waals surface area contributed by atoms with Gasteiger partial charge in [0.05, 0.1) is 25.4 Å². The molecule has 7 unspecified atom stereocenters.